The monoisotopic (exact) mass is 370 g/mol. The van der Waals surface area contributed by atoms with Crippen LogP contribution in [0.15, 0.2) is 42.5 Å². The lowest BCUT2D eigenvalue weighted by atomic mass is 10.1. The molecule has 2 aromatic rings. The van der Waals surface area contributed by atoms with E-state index in [0.717, 1.165) is 11.1 Å². The number of hydrogen-bond donors (Lipinski definition) is 2. The molecule has 1 aliphatic rings. The molecule has 2 N–H and O–H groups in total. The molecular weight excluding hydrogens is 348 g/mol. The molecule has 0 spiro atoms. The quantitative estimate of drug-likeness (QED) is 0.805. The first-order chi connectivity index (χ1) is 13.0. The Bertz CT molecular complexity index is 852. The minimum Gasteiger partial charge on any atom is -0.485 e. The minimum atomic E-state index is -0.851. The molecule has 2 atom stereocenters. The second-order valence-corrected chi connectivity index (χ2v) is 6.30. The molecule has 1 heterocycles. The number of rotatable bonds is 4. The molecule has 0 saturated carbocycles. The first-order valence-electron chi connectivity index (χ1n) is 8.67. The fourth-order valence-corrected chi connectivity index (χ4v) is 2.55. The summed E-state index contributed by atoms with van der Waals surface area (Å²) in [4.78, 5) is 24.4. The van der Waals surface area contributed by atoms with E-state index in [0.29, 0.717) is 17.2 Å². The van der Waals surface area contributed by atoms with E-state index in [9.17, 15) is 9.59 Å². The number of ether oxygens (including phenoxy) is 3. The topological polar surface area (TPSA) is 85.9 Å². The second-order valence-electron chi connectivity index (χ2n) is 6.30. The molecule has 3 rings (SSSR count). The highest BCUT2D eigenvalue weighted by molar-refractivity contribution is 5.87. The van der Waals surface area contributed by atoms with Gasteiger partial charge in [-0.25, -0.2) is 0 Å². The van der Waals surface area contributed by atoms with E-state index in [1.807, 2.05) is 32.0 Å². The zero-order chi connectivity index (χ0) is 19.4. The molecule has 2 amide bonds. The average molecular weight is 370 g/mol. The number of hydrazine groups is 1. The average Bonchev–Trinajstić information content (AvgIpc) is 2.68. The van der Waals surface area contributed by atoms with E-state index >= 15 is 0 Å². The van der Waals surface area contributed by atoms with Gasteiger partial charge in [0.15, 0.2) is 17.6 Å². The van der Waals surface area contributed by atoms with Crippen LogP contribution < -0.4 is 25.1 Å². The fraction of sp³-hybridized carbons (Fsp3) is 0.300. The van der Waals surface area contributed by atoms with Crippen LogP contribution in [0.5, 0.6) is 17.2 Å². The van der Waals surface area contributed by atoms with Gasteiger partial charge in [0.1, 0.15) is 12.4 Å². The van der Waals surface area contributed by atoms with Crippen LogP contribution in [0.2, 0.25) is 0 Å². The van der Waals surface area contributed by atoms with E-state index in [1.54, 1.807) is 31.2 Å². The summed E-state index contributed by atoms with van der Waals surface area (Å²) in [6.45, 7) is 5.57. The summed E-state index contributed by atoms with van der Waals surface area (Å²) in [5.41, 5.74) is 6.75. The first kappa shape index (κ1) is 18.6. The Morgan fingerprint density at radius 1 is 1.07 bits per heavy atom. The molecule has 0 unspecified atom stereocenters. The van der Waals surface area contributed by atoms with Gasteiger partial charge in [-0.3, -0.25) is 20.4 Å². The highest BCUT2D eigenvalue weighted by Crippen LogP contribution is 2.30. The van der Waals surface area contributed by atoms with Crippen LogP contribution in [-0.4, -0.2) is 30.6 Å². The summed E-state index contributed by atoms with van der Waals surface area (Å²) < 4.78 is 16.8. The Labute approximate surface area is 157 Å². The van der Waals surface area contributed by atoms with Crippen LogP contribution in [-0.2, 0) is 9.59 Å². The highest BCUT2D eigenvalue weighted by Gasteiger charge is 2.28. The third-order valence-corrected chi connectivity index (χ3v) is 4.34. The number of carbonyl (C=O) groups excluding carboxylic acids is 2. The van der Waals surface area contributed by atoms with Crippen molar-refractivity contribution in [3.8, 4) is 17.2 Å². The molecule has 142 valence electrons. The van der Waals surface area contributed by atoms with Gasteiger partial charge in [0.05, 0.1) is 0 Å². The number of hydrogen-bond acceptors (Lipinski definition) is 5. The number of fused-ring (bicyclic) bond motifs is 1. The smallest absolute Gasteiger partial charge is 0.283 e. The van der Waals surface area contributed by atoms with E-state index in [2.05, 4.69) is 10.9 Å². The van der Waals surface area contributed by atoms with Crippen molar-refractivity contribution in [1.82, 2.24) is 10.9 Å². The third kappa shape index (κ3) is 4.31. The Kier molecular flexibility index (Phi) is 5.49. The van der Waals surface area contributed by atoms with Crippen LogP contribution in [0.1, 0.15) is 18.1 Å². The number of nitrogens with one attached hydrogen (secondary N) is 2. The van der Waals surface area contributed by atoms with Gasteiger partial charge in [-0.1, -0.05) is 24.3 Å². The van der Waals surface area contributed by atoms with Gasteiger partial charge >= 0.3 is 0 Å². The molecule has 2 aromatic carbocycles. The molecule has 1 aliphatic heterocycles. The van der Waals surface area contributed by atoms with Crippen molar-refractivity contribution in [1.29, 1.82) is 0 Å². The van der Waals surface area contributed by atoms with Crippen molar-refractivity contribution in [2.75, 3.05) is 6.61 Å². The van der Waals surface area contributed by atoms with Gasteiger partial charge in [-0.15, -0.1) is 0 Å². The minimum absolute atomic E-state index is 0.0628. The first-order valence-corrected chi connectivity index (χ1v) is 8.67. The summed E-state index contributed by atoms with van der Waals surface area (Å²) in [6.07, 6.45) is -1.63. The van der Waals surface area contributed by atoms with Crippen LogP contribution in [0.3, 0.4) is 0 Å². The lowest BCUT2D eigenvalue weighted by Gasteiger charge is -2.25. The Morgan fingerprint density at radius 2 is 1.81 bits per heavy atom. The maximum atomic E-state index is 12.2. The Morgan fingerprint density at radius 3 is 2.59 bits per heavy atom. The summed E-state index contributed by atoms with van der Waals surface area (Å²) >= 11 is 0. The molecule has 0 aromatic heterocycles. The predicted octanol–water partition coefficient (Wildman–Crippen LogP) is 2.06. The second kappa shape index (κ2) is 7.99. The number of amides is 2. The predicted molar refractivity (Wildman–Crippen MR) is 98.6 cm³/mol. The summed E-state index contributed by atoms with van der Waals surface area (Å²) in [5, 5.41) is 0. The molecule has 0 aliphatic carbocycles. The largest absolute Gasteiger partial charge is 0.485 e. The number of benzene rings is 2. The number of carbonyl (C=O) groups is 2. The fourth-order valence-electron chi connectivity index (χ4n) is 2.55. The van der Waals surface area contributed by atoms with Crippen molar-refractivity contribution in [3.05, 3.63) is 53.6 Å². The summed E-state index contributed by atoms with van der Waals surface area (Å²) in [5.74, 6) is 0.728. The normalized spacial score (nSPS) is 16.2. The van der Waals surface area contributed by atoms with Crippen molar-refractivity contribution in [3.63, 3.8) is 0 Å². The SMILES string of the molecule is Cc1cccc(O[C@H](C)C(=O)NNC(=O)[C@H]2COc3ccccc3O2)c1C. The molecule has 0 bridgehead atoms. The maximum absolute atomic E-state index is 12.2. The zero-order valence-corrected chi connectivity index (χ0v) is 15.4. The third-order valence-electron chi connectivity index (χ3n) is 4.34. The molecule has 0 saturated heterocycles. The van der Waals surface area contributed by atoms with E-state index in [1.165, 1.54) is 0 Å². The molecule has 7 heteroatoms. The van der Waals surface area contributed by atoms with Crippen molar-refractivity contribution >= 4 is 11.8 Å². The number of aryl methyl sites for hydroxylation is 1. The molecule has 7 nitrogen and oxygen atoms in total. The summed E-state index contributed by atoms with van der Waals surface area (Å²) in [6, 6.07) is 12.7. The Balaban J connectivity index is 1.51. The van der Waals surface area contributed by atoms with Crippen LogP contribution >= 0.6 is 0 Å². The highest BCUT2D eigenvalue weighted by atomic mass is 16.6. The lowest BCUT2D eigenvalue weighted by Crippen LogP contribution is -2.53. The van der Waals surface area contributed by atoms with Gasteiger partial charge in [-0.05, 0) is 50.1 Å². The standard InChI is InChI=1S/C20H22N2O5/c1-12-7-6-10-15(13(12)2)26-14(3)19(23)21-22-20(24)18-11-25-16-8-4-5-9-17(16)27-18/h4-10,14,18H,11H2,1-3H3,(H,21,23)(H,22,24)/t14-,18-/m1/s1. The van der Waals surface area contributed by atoms with Crippen molar-refractivity contribution in [2.24, 2.45) is 0 Å². The molecule has 0 radical (unpaired) electrons. The summed E-state index contributed by atoms with van der Waals surface area (Å²) in [7, 11) is 0. The van der Waals surface area contributed by atoms with Crippen molar-refractivity contribution < 1.29 is 23.8 Å². The number of para-hydroxylation sites is 2. The van der Waals surface area contributed by atoms with Gasteiger partial charge in [0.2, 0.25) is 6.10 Å². The zero-order valence-electron chi connectivity index (χ0n) is 15.4. The maximum Gasteiger partial charge on any atom is 0.283 e. The van der Waals surface area contributed by atoms with Gasteiger partial charge in [0, 0.05) is 0 Å². The van der Waals surface area contributed by atoms with Crippen LogP contribution in [0, 0.1) is 13.8 Å². The van der Waals surface area contributed by atoms with Crippen LogP contribution in [0.4, 0.5) is 0 Å². The molecule has 27 heavy (non-hydrogen) atoms. The molecule has 0 fully saturated rings. The lowest BCUT2D eigenvalue weighted by molar-refractivity contribution is -0.137. The van der Waals surface area contributed by atoms with E-state index < -0.39 is 24.0 Å². The molecular formula is C20H22N2O5. The van der Waals surface area contributed by atoms with E-state index in [4.69, 9.17) is 14.2 Å². The van der Waals surface area contributed by atoms with Gasteiger partial charge < -0.3 is 14.2 Å². The van der Waals surface area contributed by atoms with Gasteiger partial charge in [-0.2, -0.15) is 0 Å². The Hall–Kier alpha value is -3.22. The van der Waals surface area contributed by atoms with E-state index in [-0.39, 0.29) is 6.61 Å². The van der Waals surface area contributed by atoms with Crippen molar-refractivity contribution in [2.45, 2.75) is 33.0 Å². The van der Waals surface area contributed by atoms with Crippen LogP contribution in [0.25, 0.3) is 0 Å². The van der Waals surface area contributed by atoms with Gasteiger partial charge in [0.25, 0.3) is 11.8 Å².